The van der Waals surface area contributed by atoms with Gasteiger partial charge in [0.25, 0.3) is 0 Å². The van der Waals surface area contributed by atoms with Crippen LogP contribution in [0.3, 0.4) is 0 Å². The van der Waals surface area contributed by atoms with Crippen LogP contribution in [0.5, 0.6) is 0 Å². The average Bonchev–Trinajstić information content (AvgIpc) is 3.51. The fraction of sp³-hybridized carbons (Fsp3) is 0.333. The van der Waals surface area contributed by atoms with Gasteiger partial charge in [-0.05, 0) is 55.4 Å². The minimum absolute atomic E-state index is 0.162. The number of allylic oxidation sites excluding steroid dienone is 1. The van der Waals surface area contributed by atoms with E-state index in [-0.39, 0.29) is 5.41 Å². The van der Waals surface area contributed by atoms with Gasteiger partial charge in [-0.25, -0.2) is 9.97 Å². The Hall–Kier alpha value is -4.20. The van der Waals surface area contributed by atoms with E-state index < -0.39 is 0 Å². The first kappa shape index (κ1) is 24.2. The summed E-state index contributed by atoms with van der Waals surface area (Å²) in [5, 5.41) is 13.2. The predicted octanol–water partition coefficient (Wildman–Crippen LogP) is 6.92. The van der Waals surface area contributed by atoms with Crippen molar-refractivity contribution in [1.82, 2.24) is 30.1 Å². The molecule has 194 valence electrons. The number of nitrogens with zero attached hydrogens (tertiary/aromatic N) is 5. The number of piperidine rings is 1. The van der Waals surface area contributed by atoms with Crippen molar-refractivity contribution in [3.63, 3.8) is 0 Å². The van der Waals surface area contributed by atoms with Crippen molar-refractivity contribution in [3.05, 3.63) is 61.3 Å². The molecule has 8 nitrogen and oxygen atoms in total. The molecule has 0 amide bonds. The summed E-state index contributed by atoms with van der Waals surface area (Å²) in [6.45, 7) is 12.9. The lowest BCUT2D eigenvalue weighted by molar-refractivity contribution is 0.411. The first-order valence-corrected chi connectivity index (χ1v) is 13.3. The maximum absolute atomic E-state index is 4.74. The molecule has 0 spiro atoms. The molecule has 0 bridgehead atoms. The van der Waals surface area contributed by atoms with Crippen LogP contribution in [0.1, 0.15) is 46.5 Å². The largest absolute Gasteiger partial charge is 0.358 e. The molecule has 1 aliphatic rings. The van der Waals surface area contributed by atoms with Crippen molar-refractivity contribution in [3.8, 4) is 22.5 Å². The second-order valence-electron chi connectivity index (χ2n) is 11.4. The van der Waals surface area contributed by atoms with Crippen LogP contribution in [0.4, 0.5) is 11.5 Å². The van der Waals surface area contributed by atoms with Crippen LogP contribution in [0, 0.1) is 5.41 Å². The fourth-order valence-electron chi connectivity index (χ4n) is 5.35. The third-order valence-electron chi connectivity index (χ3n) is 6.99. The average molecular weight is 507 g/mol. The van der Waals surface area contributed by atoms with E-state index in [1.807, 2.05) is 30.9 Å². The lowest BCUT2D eigenvalue weighted by Gasteiger charge is -2.28. The maximum atomic E-state index is 4.74. The minimum atomic E-state index is 0.162. The highest BCUT2D eigenvalue weighted by Crippen LogP contribution is 2.34. The predicted molar refractivity (Wildman–Crippen MR) is 155 cm³/mol. The fourth-order valence-corrected chi connectivity index (χ4v) is 5.35. The summed E-state index contributed by atoms with van der Waals surface area (Å²) in [5.41, 5.74) is 7.61. The van der Waals surface area contributed by atoms with Gasteiger partial charge in [0.2, 0.25) is 0 Å². The van der Waals surface area contributed by atoms with Crippen molar-refractivity contribution in [1.29, 1.82) is 0 Å². The SMILES string of the molecule is C=C(CC(C)(C)C)Nc1cncc(-c2cnc3[nH]nc(-c4cc5c(N6CCCCC6)nccc5[nH]4)c3c2)c1. The molecule has 5 aromatic rings. The Balaban J connectivity index is 1.33. The van der Waals surface area contributed by atoms with Crippen LogP contribution >= 0.6 is 0 Å². The van der Waals surface area contributed by atoms with Gasteiger partial charge in [-0.1, -0.05) is 27.4 Å². The molecule has 0 aliphatic carbocycles. The normalized spacial score (nSPS) is 14.3. The molecule has 8 heteroatoms. The van der Waals surface area contributed by atoms with Crippen LogP contribution in [0.2, 0.25) is 0 Å². The lowest BCUT2D eigenvalue weighted by Crippen LogP contribution is -2.30. The summed E-state index contributed by atoms with van der Waals surface area (Å²) in [6.07, 6.45) is 12.0. The first-order valence-electron chi connectivity index (χ1n) is 13.3. The quantitative estimate of drug-likeness (QED) is 0.231. The van der Waals surface area contributed by atoms with Gasteiger partial charge in [-0.3, -0.25) is 10.1 Å². The molecule has 0 atom stereocenters. The number of nitrogens with one attached hydrogen (secondary N) is 3. The molecule has 1 aliphatic heterocycles. The zero-order chi connectivity index (χ0) is 26.3. The molecule has 1 saturated heterocycles. The molecular formula is C30H34N8. The molecular weight excluding hydrogens is 472 g/mol. The van der Waals surface area contributed by atoms with E-state index >= 15 is 0 Å². The molecule has 0 aromatic carbocycles. The number of hydrogen-bond acceptors (Lipinski definition) is 6. The van der Waals surface area contributed by atoms with E-state index in [1.165, 1.54) is 19.3 Å². The van der Waals surface area contributed by atoms with Gasteiger partial charge >= 0.3 is 0 Å². The summed E-state index contributed by atoms with van der Waals surface area (Å²) in [4.78, 5) is 19.8. The Morgan fingerprint density at radius 2 is 1.82 bits per heavy atom. The molecule has 6 heterocycles. The van der Waals surface area contributed by atoms with E-state index in [2.05, 4.69) is 80.9 Å². The number of rotatable bonds is 6. The smallest absolute Gasteiger partial charge is 0.155 e. The number of hydrogen-bond donors (Lipinski definition) is 3. The maximum Gasteiger partial charge on any atom is 0.155 e. The summed E-state index contributed by atoms with van der Waals surface area (Å²) in [7, 11) is 0. The van der Waals surface area contributed by atoms with Gasteiger partial charge < -0.3 is 15.2 Å². The summed E-state index contributed by atoms with van der Waals surface area (Å²) in [6, 6.07) is 8.41. The molecule has 38 heavy (non-hydrogen) atoms. The van der Waals surface area contributed by atoms with Gasteiger partial charge in [0.05, 0.1) is 23.1 Å². The van der Waals surface area contributed by atoms with Crippen LogP contribution in [0.15, 0.2) is 61.3 Å². The van der Waals surface area contributed by atoms with E-state index in [9.17, 15) is 0 Å². The lowest BCUT2D eigenvalue weighted by atomic mass is 9.91. The van der Waals surface area contributed by atoms with Crippen molar-refractivity contribution < 1.29 is 0 Å². The summed E-state index contributed by atoms with van der Waals surface area (Å²) >= 11 is 0. The third kappa shape index (κ3) is 4.86. The Labute approximate surface area is 222 Å². The Morgan fingerprint density at radius 1 is 1.00 bits per heavy atom. The van der Waals surface area contributed by atoms with Crippen molar-refractivity contribution in [2.24, 2.45) is 5.41 Å². The highest BCUT2D eigenvalue weighted by atomic mass is 15.2. The zero-order valence-corrected chi connectivity index (χ0v) is 22.3. The molecule has 5 aromatic heterocycles. The second kappa shape index (κ2) is 9.59. The first-order chi connectivity index (χ1) is 18.3. The van der Waals surface area contributed by atoms with Gasteiger partial charge in [0, 0.05) is 59.3 Å². The highest BCUT2D eigenvalue weighted by molar-refractivity contribution is 5.99. The Kier molecular flexibility index (Phi) is 6.10. The number of aromatic amines is 2. The van der Waals surface area contributed by atoms with Crippen molar-refractivity contribution in [2.75, 3.05) is 23.3 Å². The topological polar surface area (TPSA) is 98.4 Å². The molecule has 3 N–H and O–H groups in total. The zero-order valence-electron chi connectivity index (χ0n) is 22.3. The van der Waals surface area contributed by atoms with E-state index in [0.717, 1.165) is 81.2 Å². The Morgan fingerprint density at radius 3 is 2.63 bits per heavy atom. The number of anilines is 2. The highest BCUT2D eigenvalue weighted by Gasteiger charge is 2.19. The number of H-pyrrole nitrogens is 2. The van der Waals surface area contributed by atoms with Gasteiger partial charge in [-0.15, -0.1) is 0 Å². The second-order valence-corrected chi connectivity index (χ2v) is 11.4. The number of pyridine rings is 3. The van der Waals surface area contributed by atoms with Crippen molar-refractivity contribution in [2.45, 2.75) is 46.5 Å². The standard InChI is InChI=1S/C30H34N8/c1-19(15-30(2,3)4)34-22-12-20(16-31-18-22)21-13-24-27(36-37-28(24)33-17-21)26-14-23-25(35-26)8-9-32-29(23)38-10-6-5-7-11-38/h8-9,12-14,16-18,34-35H,1,5-7,10-11,15H2,2-4H3,(H,33,36,37). The molecule has 6 rings (SSSR count). The molecule has 0 unspecified atom stereocenters. The molecule has 0 saturated carbocycles. The van der Waals surface area contributed by atoms with Gasteiger partial charge in [0.15, 0.2) is 5.65 Å². The monoisotopic (exact) mass is 506 g/mol. The van der Waals surface area contributed by atoms with Crippen LogP contribution < -0.4 is 10.2 Å². The van der Waals surface area contributed by atoms with Crippen molar-refractivity contribution >= 4 is 33.4 Å². The van der Waals surface area contributed by atoms with E-state index in [4.69, 9.17) is 4.98 Å². The van der Waals surface area contributed by atoms with Gasteiger partial charge in [0.1, 0.15) is 11.5 Å². The Bertz CT molecular complexity index is 1610. The summed E-state index contributed by atoms with van der Waals surface area (Å²) in [5.74, 6) is 1.05. The van der Waals surface area contributed by atoms with Gasteiger partial charge in [-0.2, -0.15) is 5.10 Å². The summed E-state index contributed by atoms with van der Waals surface area (Å²) < 4.78 is 0. The third-order valence-corrected chi connectivity index (χ3v) is 6.99. The van der Waals surface area contributed by atoms with Crippen LogP contribution in [-0.2, 0) is 0 Å². The number of aromatic nitrogens is 6. The van der Waals surface area contributed by atoms with Crippen LogP contribution in [0.25, 0.3) is 44.5 Å². The van der Waals surface area contributed by atoms with Crippen LogP contribution in [-0.4, -0.2) is 43.2 Å². The number of fused-ring (bicyclic) bond motifs is 2. The molecule has 0 radical (unpaired) electrons. The minimum Gasteiger partial charge on any atom is -0.358 e. The van der Waals surface area contributed by atoms with E-state index in [0.29, 0.717) is 0 Å². The van der Waals surface area contributed by atoms with E-state index in [1.54, 1.807) is 0 Å². The molecule has 1 fully saturated rings.